The maximum atomic E-state index is 12.2. The van der Waals surface area contributed by atoms with Gasteiger partial charge in [-0.05, 0) is 35.9 Å². The quantitative estimate of drug-likeness (QED) is 0.847. The Morgan fingerprint density at radius 3 is 2.43 bits per heavy atom. The molecule has 2 aromatic rings. The normalized spacial score (nSPS) is 10.9. The minimum Gasteiger partial charge on any atom is -0.506 e. The van der Waals surface area contributed by atoms with Gasteiger partial charge in [0.15, 0.2) is 0 Å². The van der Waals surface area contributed by atoms with Crippen molar-refractivity contribution < 1.29 is 13.5 Å². The van der Waals surface area contributed by atoms with Crippen molar-refractivity contribution in [3.05, 3.63) is 53.1 Å². The smallest absolute Gasteiger partial charge is 0.261 e. The van der Waals surface area contributed by atoms with Gasteiger partial charge < -0.3 is 5.11 Å². The van der Waals surface area contributed by atoms with Crippen LogP contribution in [0.4, 0.5) is 5.69 Å². The highest BCUT2D eigenvalue weighted by Gasteiger charge is 2.14. The summed E-state index contributed by atoms with van der Waals surface area (Å²) in [5, 5.41) is 17.9. The monoisotopic (exact) mass is 322 g/mol. The molecule has 0 saturated carbocycles. The predicted molar refractivity (Wildman–Crippen MR) is 79.7 cm³/mol. The van der Waals surface area contributed by atoms with Crippen molar-refractivity contribution in [3.63, 3.8) is 0 Å². The Morgan fingerprint density at radius 2 is 1.86 bits per heavy atom. The van der Waals surface area contributed by atoms with E-state index < -0.39 is 10.0 Å². The zero-order valence-electron chi connectivity index (χ0n) is 10.7. The van der Waals surface area contributed by atoms with Crippen LogP contribution in [0.1, 0.15) is 5.56 Å². The van der Waals surface area contributed by atoms with Gasteiger partial charge in [0, 0.05) is 0 Å². The van der Waals surface area contributed by atoms with Gasteiger partial charge in [0.2, 0.25) is 0 Å². The third-order valence-electron chi connectivity index (χ3n) is 2.72. The van der Waals surface area contributed by atoms with Crippen LogP contribution in [0.25, 0.3) is 0 Å². The van der Waals surface area contributed by atoms with Crippen molar-refractivity contribution in [3.8, 4) is 11.8 Å². The molecule has 0 radical (unpaired) electrons. The first-order valence-electron chi connectivity index (χ1n) is 5.89. The molecule has 0 aliphatic heterocycles. The van der Waals surface area contributed by atoms with E-state index in [1.54, 1.807) is 12.1 Å². The molecule has 0 bridgehead atoms. The molecule has 0 unspecified atom stereocenters. The van der Waals surface area contributed by atoms with E-state index in [0.717, 1.165) is 5.56 Å². The summed E-state index contributed by atoms with van der Waals surface area (Å²) < 4.78 is 26.7. The minimum absolute atomic E-state index is 0.0552. The number of hydrogen-bond donors (Lipinski definition) is 2. The molecule has 5 nitrogen and oxygen atoms in total. The number of sulfonamides is 1. The topological polar surface area (TPSA) is 90.2 Å². The highest BCUT2D eigenvalue weighted by atomic mass is 35.5. The number of hydrogen-bond acceptors (Lipinski definition) is 4. The van der Waals surface area contributed by atoms with Crippen LogP contribution >= 0.6 is 11.6 Å². The number of halogens is 1. The van der Waals surface area contributed by atoms with Gasteiger partial charge in [-0.15, -0.1) is 0 Å². The molecule has 2 N–H and O–H groups in total. The zero-order chi connectivity index (χ0) is 15.5. The van der Waals surface area contributed by atoms with Crippen LogP contribution in [0.2, 0.25) is 5.02 Å². The number of aromatic hydroxyl groups is 1. The summed E-state index contributed by atoms with van der Waals surface area (Å²) in [5.74, 6) is -0.125. The average Bonchev–Trinajstić information content (AvgIpc) is 2.44. The number of nitriles is 1. The van der Waals surface area contributed by atoms with Crippen LogP contribution in [0.5, 0.6) is 5.75 Å². The van der Waals surface area contributed by atoms with Gasteiger partial charge in [-0.1, -0.05) is 23.7 Å². The van der Waals surface area contributed by atoms with E-state index in [2.05, 4.69) is 4.72 Å². The Morgan fingerprint density at radius 1 is 1.19 bits per heavy atom. The van der Waals surface area contributed by atoms with Gasteiger partial charge in [-0.3, -0.25) is 4.72 Å². The van der Waals surface area contributed by atoms with Crippen molar-refractivity contribution in [2.75, 3.05) is 4.72 Å². The summed E-state index contributed by atoms with van der Waals surface area (Å²) in [6.45, 7) is 0. The summed E-state index contributed by atoms with van der Waals surface area (Å²) in [6.07, 6.45) is 0.224. The Balaban J connectivity index is 2.25. The fourth-order valence-electron chi connectivity index (χ4n) is 1.66. The van der Waals surface area contributed by atoms with E-state index >= 15 is 0 Å². The Bertz CT molecular complexity index is 796. The van der Waals surface area contributed by atoms with E-state index in [1.165, 1.54) is 30.3 Å². The highest BCUT2D eigenvalue weighted by molar-refractivity contribution is 7.92. The molecule has 0 fully saturated rings. The van der Waals surface area contributed by atoms with Crippen molar-refractivity contribution >= 4 is 27.3 Å². The number of nitrogens with one attached hydrogen (secondary N) is 1. The maximum absolute atomic E-state index is 12.2. The standard InChI is InChI=1S/C14H11ClN2O3S/c15-13-9-11(3-6-14(13)18)17-21(19,20)12-4-1-10(2-5-12)7-8-16/h1-6,9,17-18H,7H2. The summed E-state index contributed by atoms with van der Waals surface area (Å²) in [4.78, 5) is 0.0772. The zero-order valence-corrected chi connectivity index (χ0v) is 12.3. The first kappa shape index (κ1) is 15.2. The SMILES string of the molecule is N#CCc1ccc(S(=O)(=O)Nc2ccc(O)c(Cl)c2)cc1. The van der Waals surface area contributed by atoms with Crippen molar-refractivity contribution in [2.24, 2.45) is 0 Å². The second-order valence-corrected chi connectivity index (χ2v) is 6.34. The van der Waals surface area contributed by atoms with E-state index in [4.69, 9.17) is 16.9 Å². The molecule has 2 rings (SSSR count). The van der Waals surface area contributed by atoms with Crippen molar-refractivity contribution in [1.82, 2.24) is 0 Å². The molecule has 21 heavy (non-hydrogen) atoms. The van der Waals surface area contributed by atoms with Gasteiger partial charge in [0.1, 0.15) is 5.75 Å². The summed E-state index contributed by atoms with van der Waals surface area (Å²) in [6, 6.07) is 12.0. The molecule has 0 aliphatic rings. The Labute approximate surface area is 127 Å². The van der Waals surface area contributed by atoms with Gasteiger partial charge in [-0.2, -0.15) is 5.26 Å². The van der Waals surface area contributed by atoms with Crippen LogP contribution in [0.15, 0.2) is 47.4 Å². The molecule has 0 atom stereocenters. The second kappa shape index (κ2) is 6.04. The summed E-state index contributed by atoms with van der Waals surface area (Å²) in [7, 11) is -3.75. The highest BCUT2D eigenvalue weighted by Crippen LogP contribution is 2.27. The number of benzene rings is 2. The molecule has 7 heteroatoms. The number of nitrogens with zero attached hydrogens (tertiary/aromatic N) is 1. The summed E-state index contributed by atoms with van der Waals surface area (Å²) >= 11 is 5.73. The van der Waals surface area contributed by atoms with Crippen LogP contribution in [0, 0.1) is 11.3 Å². The number of phenols is 1. The van der Waals surface area contributed by atoms with Crippen LogP contribution in [0.3, 0.4) is 0 Å². The second-order valence-electron chi connectivity index (χ2n) is 4.25. The molecule has 0 aliphatic carbocycles. The summed E-state index contributed by atoms with van der Waals surface area (Å²) in [5.41, 5.74) is 0.989. The van der Waals surface area contributed by atoms with Gasteiger partial charge >= 0.3 is 0 Å². The maximum Gasteiger partial charge on any atom is 0.261 e. The van der Waals surface area contributed by atoms with Gasteiger partial charge in [0.05, 0.1) is 28.1 Å². The van der Waals surface area contributed by atoms with E-state index in [9.17, 15) is 13.5 Å². The van der Waals surface area contributed by atoms with Gasteiger partial charge in [-0.25, -0.2) is 8.42 Å². The van der Waals surface area contributed by atoms with E-state index in [-0.39, 0.29) is 27.8 Å². The van der Waals surface area contributed by atoms with E-state index in [1.807, 2.05) is 6.07 Å². The van der Waals surface area contributed by atoms with Crippen LogP contribution in [-0.4, -0.2) is 13.5 Å². The minimum atomic E-state index is -3.75. The average molecular weight is 323 g/mol. The van der Waals surface area contributed by atoms with Crippen LogP contribution < -0.4 is 4.72 Å². The molecule has 0 aromatic heterocycles. The lowest BCUT2D eigenvalue weighted by Crippen LogP contribution is -2.12. The molecule has 0 amide bonds. The van der Waals surface area contributed by atoms with Crippen LogP contribution in [-0.2, 0) is 16.4 Å². The number of anilines is 1. The van der Waals surface area contributed by atoms with E-state index in [0.29, 0.717) is 0 Å². The molecular weight excluding hydrogens is 312 g/mol. The first-order valence-corrected chi connectivity index (χ1v) is 7.76. The molecule has 0 saturated heterocycles. The lowest BCUT2D eigenvalue weighted by atomic mass is 10.2. The molecular formula is C14H11ClN2O3S. The lowest BCUT2D eigenvalue weighted by molar-refractivity contribution is 0.475. The third-order valence-corrected chi connectivity index (χ3v) is 4.42. The number of phenolic OH excluding ortho intramolecular Hbond substituents is 1. The van der Waals surface area contributed by atoms with Crippen molar-refractivity contribution in [1.29, 1.82) is 5.26 Å². The predicted octanol–water partition coefficient (Wildman–Crippen LogP) is 2.91. The largest absolute Gasteiger partial charge is 0.506 e. The lowest BCUT2D eigenvalue weighted by Gasteiger charge is -2.09. The third kappa shape index (κ3) is 3.66. The molecule has 108 valence electrons. The Kier molecular flexibility index (Phi) is 4.36. The Hall–Kier alpha value is -2.23. The van der Waals surface area contributed by atoms with Crippen molar-refractivity contribution in [2.45, 2.75) is 11.3 Å². The molecule has 2 aromatic carbocycles. The number of rotatable bonds is 4. The fourth-order valence-corrected chi connectivity index (χ4v) is 2.89. The van der Waals surface area contributed by atoms with Gasteiger partial charge in [0.25, 0.3) is 10.0 Å². The molecule has 0 heterocycles. The first-order chi connectivity index (χ1) is 9.92. The fraction of sp³-hybridized carbons (Fsp3) is 0.0714. The molecule has 0 spiro atoms.